The summed E-state index contributed by atoms with van der Waals surface area (Å²) < 4.78 is 22.5. The van der Waals surface area contributed by atoms with E-state index in [9.17, 15) is 28.7 Å². The van der Waals surface area contributed by atoms with Gasteiger partial charge >= 0.3 is 17.9 Å². The number of ether oxygens (including phenoxy) is 2. The maximum absolute atomic E-state index is 12.9. The van der Waals surface area contributed by atoms with Gasteiger partial charge < -0.3 is 19.9 Å². The minimum absolute atomic E-state index is 0.0198. The second kappa shape index (κ2) is 10.9. The van der Waals surface area contributed by atoms with Crippen LogP contribution in [-0.2, 0) is 35.1 Å². The Bertz CT molecular complexity index is 675. The lowest BCUT2D eigenvalue weighted by molar-refractivity contribution is -0.160. The molecule has 0 aliphatic heterocycles. The molecule has 0 radical (unpaired) electrons. The minimum Gasteiger partial charge on any atom is -0.480 e. The molecule has 0 spiro atoms. The predicted octanol–water partition coefficient (Wildman–Crippen LogP) is 1.07. The molecule has 0 unspecified atom stereocenters. The molecule has 1 amide bonds. The number of amides is 1. The number of carboxylic acid groups (broad SMARTS) is 1. The van der Waals surface area contributed by atoms with Crippen molar-refractivity contribution in [3.8, 4) is 0 Å². The topological polar surface area (TPSA) is 119 Å². The first-order valence-electron chi connectivity index (χ1n) is 8.37. The van der Waals surface area contributed by atoms with E-state index in [1.165, 1.54) is 31.2 Å². The van der Waals surface area contributed by atoms with Crippen LogP contribution in [0.1, 0.15) is 25.8 Å². The van der Waals surface area contributed by atoms with E-state index >= 15 is 0 Å². The molecule has 148 valence electrons. The first kappa shape index (κ1) is 22.1. The fourth-order valence-corrected chi connectivity index (χ4v) is 2.33. The second-order valence-corrected chi connectivity index (χ2v) is 5.55. The minimum atomic E-state index is -1.68. The summed E-state index contributed by atoms with van der Waals surface area (Å²) >= 11 is 0. The highest BCUT2D eigenvalue weighted by molar-refractivity contribution is 5.91. The van der Waals surface area contributed by atoms with Crippen LogP contribution >= 0.6 is 0 Å². The van der Waals surface area contributed by atoms with Gasteiger partial charge in [0.05, 0.1) is 32.0 Å². The molecule has 0 saturated heterocycles. The fourth-order valence-electron chi connectivity index (χ4n) is 2.33. The number of esters is 2. The summed E-state index contributed by atoms with van der Waals surface area (Å²) in [5.74, 6) is -5.83. The Morgan fingerprint density at radius 3 is 2.19 bits per heavy atom. The molecule has 0 fully saturated rings. The number of carboxylic acids is 1. The third-order valence-corrected chi connectivity index (χ3v) is 3.54. The average molecular weight is 383 g/mol. The summed E-state index contributed by atoms with van der Waals surface area (Å²) in [5.41, 5.74) is 0.455. The van der Waals surface area contributed by atoms with Gasteiger partial charge in [0, 0.05) is 0 Å². The number of benzene rings is 1. The highest BCUT2D eigenvalue weighted by atomic mass is 19.1. The Kier molecular flexibility index (Phi) is 8.91. The molecule has 2 N–H and O–H groups in total. The van der Waals surface area contributed by atoms with Crippen molar-refractivity contribution in [3.05, 3.63) is 35.6 Å². The van der Waals surface area contributed by atoms with Crippen LogP contribution in [0.2, 0.25) is 0 Å². The van der Waals surface area contributed by atoms with Crippen LogP contribution in [0.25, 0.3) is 0 Å². The largest absolute Gasteiger partial charge is 0.480 e. The predicted molar refractivity (Wildman–Crippen MR) is 91.0 cm³/mol. The van der Waals surface area contributed by atoms with Crippen molar-refractivity contribution < 1.29 is 38.1 Å². The number of halogens is 1. The third-order valence-electron chi connectivity index (χ3n) is 3.54. The van der Waals surface area contributed by atoms with E-state index in [0.29, 0.717) is 5.56 Å². The number of rotatable bonds is 10. The van der Waals surface area contributed by atoms with Crippen molar-refractivity contribution in [3.63, 3.8) is 0 Å². The lowest BCUT2D eigenvalue weighted by Crippen LogP contribution is -2.50. The highest BCUT2D eigenvalue weighted by Gasteiger charge is 2.38. The first-order chi connectivity index (χ1) is 12.8. The molecule has 1 aromatic carbocycles. The molecule has 27 heavy (non-hydrogen) atoms. The van der Waals surface area contributed by atoms with E-state index in [1.807, 2.05) is 0 Å². The molecular weight excluding hydrogens is 361 g/mol. The second-order valence-electron chi connectivity index (χ2n) is 5.55. The van der Waals surface area contributed by atoms with Crippen LogP contribution in [-0.4, -0.2) is 48.2 Å². The number of aliphatic carboxylic acids is 1. The molecular formula is C18H22FNO7. The molecule has 0 saturated carbocycles. The molecule has 1 aromatic rings. The van der Waals surface area contributed by atoms with E-state index in [0.717, 1.165) is 0 Å². The quantitative estimate of drug-likeness (QED) is 0.580. The van der Waals surface area contributed by atoms with Crippen molar-refractivity contribution in [1.29, 1.82) is 0 Å². The van der Waals surface area contributed by atoms with Crippen molar-refractivity contribution in [2.45, 2.75) is 32.7 Å². The lowest BCUT2D eigenvalue weighted by Gasteiger charge is -2.22. The van der Waals surface area contributed by atoms with Crippen molar-refractivity contribution in [2.75, 3.05) is 13.2 Å². The van der Waals surface area contributed by atoms with Gasteiger partial charge in [0.2, 0.25) is 5.91 Å². The monoisotopic (exact) mass is 383 g/mol. The van der Waals surface area contributed by atoms with E-state index in [4.69, 9.17) is 9.47 Å². The molecule has 9 heteroatoms. The number of nitrogens with one attached hydrogen (secondary N) is 1. The van der Waals surface area contributed by atoms with E-state index in [1.54, 1.807) is 6.92 Å². The van der Waals surface area contributed by atoms with Gasteiger partial charge in [0.1, 0.15) is 11.9 Å². The molecule has 0 aliphatic rings. The van der Waals surface area contributed by atoms with Gasteiger partial charge in [-0.1, -0.05) is 12.1 Å². The standard InChI is InChI=1S/C18H22FNO7/c1-3-26-15(22)10-13(18(25)27-4-2)16(17(23)24)20-14(21)9-11-5-7-12(19)8-6-11/h5-8,13,16H,3-4,9-10H2,1-2H3,(H,20,21)(H,23,24)/t13-,16-/m1/s1. The zero-order chi connectivity index (χ0) is 20.4. The van der Waals surface area contributed by atoms with Crippen LogP contribution in [0.3, 0.4) is 0 Å². The Balaban J connectivity index is 2.92. The average Bonchev–Trinajstić information content (AvgIpc) is 2.60. The number of carbonyl (C=O) groups is 4. The summed E-state index contributed by atoms with van der Waals surface area (Å²) in [6.45, 7) is 3.13. The van der Waals surface area contributed by atoms with Gasteiger partial charge in [-0.25, -0.2) is 9.18 Å². The normalized spacial score (nSPS) is 12.6. The van der Waals surface area contributed by atoms with Gasteiger partial charge in [-0.3, -0.25) is 14.4 Å². The van der Waals surface area contributed by atoms with Gasteiger partial charge in [-0.05, 0) is 31.5 Å². The van der Waals surface area contributed by atoms with Crippen LogP contribution in [0.4, 0.5) is 4.39 Å². The van der Waals surface area contributed by atoms with Gasteiger partial charge in [-0.15, -0.1) is 0 Å². The Morgan fingerprint density at radius 2 is 1.67 bits per heavy atom. The Morgan fingerprint density at radius 1 is 1.07 bits per heavy atom. The van der Waals surface area contributed by atoms with Crippen LogP contribution < -0.4 is 5.32 Å². The Hall–Kier alpha value is -2.97. The molecule has 2 atom stereocenters. The number of hydrogen-bond acceptors (Lipinski definition) is 6. The zero-order valence-electron chi connectivity index (χ0n) is 15.1. The maximum Gasteiger partial charge on any atom is 0.327 e. The lowest BCUT2D eigenvalue weighted by atomic mass is 9.95. The van der Waals surface area contributed by atoms with Gasteiger partial charge in [0.25, 0.3) is 0 Å². The van der Waals surface area contributed by atoms with Crippen LogP contribution in [0.15, 0.2) is 24.3 Å². The summed E-state index contributed by atoms with van der Waals surface area (Å²) in [6, 6.07) is 3.42. The van der Waals surface area contributed by atoms with Crippen molar-refractivity contribution >= 4 is 23.8 Å². The number of carbonyl (C=O) groups excluding carboxylic acids is 3. The van der Waals surface area contributed by atoms with E-state index in [-0.39, 0.29) is 19.6 Å². The van der Waals surface area contributed by atoms with Crippen molar-refractivity contribution in [1.82, 2.24) is 5.32 Å². The third kappa shape index (κ3) is 7.43. The van der Waals surface area contributed by atoms with E-state index < -0.39 is 48.0 Å². The molecule has 0 heterocycles. The summed E-state index contributed by atoms with van der Waals surface area (Å²) in [7, 11) is 0. The smallest absolute Gasteiger partial charge is 0.327 e. The van der Waals surface area contributed by atoms with Gasteiger partial charge in [0.15, 0.2) is 0 Å². The van der Waals surface area contributed by atoms with Crippen LogP contribution in [0.5, 0.6) is 0 Å². The molecule has 1 rings (SSSR count). The van der Waals surface area contributed by atoms with Crippen molar-refractivity contribution in [2.24, 2.45) is 5.92 Å². The first-order valence-corrected chi connectivity index (χ1v) is 8.37. The summed E-state index contributed by atoms with van der Waals surface area (Å²) in [4.78, 5) is 47.6. The summed E-state index contributed by atoms with van der Waals surface area (Å²) in [6.07, 6.45) is -0.778. The van der Waals surface area contributed by atoms with Gasteiger partial charge in [-0.2, -0.15) is 0 Å². The molecule has 0 aromatic heterocycles. The summed E-state index contributed by atoms with van der Waals surface area (Å²) in [5, 5.41) is 11.7. The molecule has 0 aliphatic carbocycles. The van der Waals surface area contributed by atoms with Crippen LogP contribution in [0, 0.1) is 11.7 Å². The highest BCUT2D eigenvalue weighted by Crippen LogP contribution is 2.15. The molecule has 0 bridgehead atoms. The Labute approximate surface area is 155 Å². The SMILES string of the molecule is CCOC(=O)C[C@@H](C(=O)OCC)[C@@H](NC(=O)Cc1ccc(F)cc1)C(=O)O. The van der Waals surface area contributed by atoms with E-state index in [2.05, 4.69) is 5.32 Å². The fraction of sp³-hybridized carbons (Fsp3) is 0.444. The molecule has 8 nitrogen and oxygen atoms in total. The number of hydrogen-bond donors (Lipinski definition) is 2. The maximum atomic E-state index is 12.9. The zero-order valence-corrected chi connectivity index (χ0v) is 15.1.